The van der Waals surface area contributed by atoms with E-state index >= 15 is 0 Å². The number of aromatic nitrogens is 2. The van der Waals surface area contributed by atoms with Crippen molar-refractivity contribution < 1.29 is 14.1 Å². The highest BCUT2D eigenvalue weighted by Crippen LogP contribution is 2.33. The molecule has 0 amide bonds. The first kappa shape index (κ1) is 30.2. The van der Waals surface area contributed by atoms with Crippen LogP contribution in [0.2, 0.25) is 0 Å². The van der Waals surface area contributed by atoms with E-state index in [1.165, 1.54) is 0 Å². The van der Waals surface area contributed by atoms with Crippen LogP contribution in [-0.2, 0) is 11.3 Å². The number of aliphatic imine (C=N–C) groups is 1. The van der Waals surface area contributed by atoms with Crippen LogP contribution in [0.3, 0.4) is 0 Å². The van der Waals surface area contributed by atoms with E-state index in [0.29, 0.717) is 17.9 Å². The molecule has 1 aliphatic carbocycles. The lowest BCUT2D eigenvalue weighted by Crippen LogP contribution is -2.23. The molecule has 1 aliphatic rings. The summed E-state index contributed by atoms with van der Waals surface area (Å²) in [5.74, 6) is 1.27. The average molecular weight is 567 g/mol. The van der Waals surface area contributed by atoms with Gasteiger partial charge in [0.1, 0.15) is 11.6 Å². The maximum absolute atomic E-state index is 12.1. The predicted octanol–water partition coefficient (Wildman–Crippen LogP) is 6.75. The van der Waals surface area contributed by atoms with Gasteiger partial charge in [-0.05, 0) is 61.6 Å². The fourth-order valence-corrected chi connectivity index (χ4v) is 4.65. The number of benzene rings is 2. The molecule has 0 saturated heterocycles. The van der Waals surface area contributed by atoms with Crippen LogP contribution in [0.25, 0.3) is 11.1 Å². The maximum atomic E-state index is 12.1. The zero-order valence-electron chi connectivity index (χ0n) is 24.6. The van der Waals surface area contributed by atoms with Crippen LogP contribution in [0.15, 0.2) is 98.9 Å². The smallest absolute Gasteiger partial charge is 0.438 e. The summed E-state index contributed by atoms with van der Waals surface area (Å²) in [6.07, 6.45) is 13.6. The molecule has 1 unspecified atom stereocenters. The van der Waals surface area contributed by atoms with Gasteiger partial charge in [0.2, 0.25) is 0 Å². The standard InChI is InChI=1S/C34H38N4O4/c1-5-6-12-32(36-24(4)31(22-39)27-17-19-28(20-18-27)41-23(2)3)35-21-25-13-15-26(16-14-25)29-10-8-7-9-11-30(29)33-37-34(40)42-38-33/h7-11,13-20,22-23,30H,5-6,12,21H2,1-4H3,(H,35,36)(H,37,38,40)/b31-24+. The Kier molecular flexibility index (Phi) is 10.6. The van der Waals surface area contributed by atoms with Crippen LogP contribution in [0, 0.1) is 0 Å². The summed E-state index contributed by atoms with van der Waals surface area (Å²) in [7, 11) is 0. The molecule has 0 radical (unpaired) electrons. The van der Waals surface area contributed by atoms with Crippen LogP contribution in [0.1, 0.15) is 75.4 Å². The Balaban J connectivity index is 1.51. The zero-order chi connectivity index (χ0) is 29.9. The van der Waals surface area contributed by atoms with Crippen LogP contribution < -0.4 is 15.8 Å². The Bertz CT molecular complexity index is 1550. The quantitative estimate of drug-likeness (QED) is 0.109. The van der Waals surface area contributed by atoms with Crippen molar-refractivity contribution in [2.75, 3.05) is 0 Å². The van der Waals surface area contributed by atoms with E-state index in [4.69, 9.17) is 14.3 Å². The number of rotatable bonds is 12. The number of aldehydes is 1. The van der Waals surface area contributed by atoms with E-state index in [0.717, 1.165) is 65.1 Å². The van der Waals surface area contributed by atoms with Gasteiger partial charge in [-0.1, -0.05) is 85.3 Å². The fraction of sp³-hybridized carbons (Fsp3) is 0.294. The molecule has 4 rings (SSSR count). The minimum absolute atomic E-state index is 0.0835. The van der Waals surface area contributed by atoms with Crippen molar-refractivity contribution in [2.24, 2.45) is 4.99 Å². The molecule has 42 heavy (non-hydrogen) atoms. The van der Waals surface area contributed by atoms with Gasteiger partial charge in [-0.2, -0.15) is 0 Å². The SMILES string of the molecule is CCCCC(=NCc1ccc(C2=CC=CC=CC2c2noc(=O)[nH]2)cc1)N/C(C)=C(\C=O)c1ccc(OC(C)C)cc1. The van der Waals surface area contributed by atoms with Gasteiger partial charge in [-0.15, -0.1) is 0 Å². The van der Waals surface area contributed by atoms with E-state index in [9.17, 15) is 9.59 Å². The summed E-state index contributed by atoms with van der Waals surface area (Å²) in [6.45, 7) is 8.51. The van der Waals surface area contributed by atoms with Crippen LogP contribution in [0.5, 0.6) is 5.75 Å². The number of unbranched alkanes of at least 4 members (excludes halogenated alkanes) is 1. The van der Waals surface area contributed by atoms with Crippen molar-refractivity contribution in [2.45, 2.75) is 65.5 Å². The number of hydrogen-bond acceptors (Lipinski definition) is 6. The van der Waals surface area contributed by atoms with Gasteiger partial charge in [-0.3, -0.25) is 19.3 Å². The minimum Gasteiger partial charge on any atom is -0.491 e. The molecule has 8 heteroatoms. The number of aromatic amines is 1. The number of amidine groups is 1. The first-order valence-electron chi connectivity index (χ1n) is 14.3. The highest BCUT2D eigenvalue weighted by Gasteiger charge is 2.20. The number of carbonyl (C=O) groups excluding carboxylic acids is 1. The number of allylic oxidation sites excluding steroid dienone is 8. The second-order valence-corrected chi connectivity index (χ2v) is 10.4. The first-order valence-corrected chi connectivity index (χ1v) is 14.3. The Morgan fingerprint density at radius 1 is 1.12 bits per heavy atom. The van der Waals surface area contributed by atoms with Crippen molar-refractivity contribution in [3.05, 3.63) is 118 Å². The van der Waals surface area contributed by atoms with E-state index in [2.05, 4.69) is 46.6 Å². The van der Waals surface area contributed by atoms with Crippen LogP contribution in [0.4, 0.5) is 0 Å². The van der Waals surface area contributed by atoms with Crippen LogP contribution >= 0.6 is 0 Å². The molecule has 0 fully saturated rings. The summed E-state index contributed by atoms with van der Waals surface area (Å²) in [4.78, 5) is 31.2. The van der Waals surface area contributed by atoms with Gasteiger partial charge in [0.25, 0.3) is 0 Å². The first-order chi connectivity index (χ1) is 20.4. The largest absolute Gasteiger partial charge is 0.491 e. The Morgan fingerprint density at radius 2 is 1.88 bits per heavy atom. The molecular weight excluding hydrogens is 528 g/mol. The van der Waals surface area contributed by atoms with Gasteiger partial charge in [0, 0.05) is 17.7 Å². The van der Waals surface area contributed by atoms with Gasteiger partial charge >= 0.3 is 5.76 Å². The lowest BCUT2D eigenvalue weighted by Gasteiger charge is -2.15. The molecule has 0 bridgehead atoms. The van der Waals surface area contributed by atoms with Gasteiger partial charge in [0.05, 0.1) is 18.6 Å². The third kappa shape index (κ3) is 8.16. The van der Waals surface area contributed by atoms with Gasteiger partial charge in [-0.25, -0.2) is 4.79 Å². The van der Waals surface area contributed by atoms with Gasteiger partial charge < -0.3 is 10.1 Å². The number of H-pyrrole nitrogens is 1. The van der Waals surface area contributed by atoms with Crippen molar-refractivity contribution in [1.82, 2.24) is 15.5 Å². The van der Waals surface area contributed by atoms with Crippen molar-refractivity contribution in [3.8, 4) is 5.75 Å². The number of ether oxygens (including phenoxy) is 1. The van der Waals surface area contributed by atoms with E-state index < -0.39 is 5.76 Å². The molecule has 218 valence electrons. The number of nitrogens with zero attached hydrogens (tertiary/aromatic N) is 2. The third-order valence-corrected chi connectivity index (χ3v) is 6.79. The Hall–Kier alpha value is -4.72. The fourth-order valence-electron chi connectivity index (χ4n) is 4.65. The summed E-state index contributed by atoms with van der Waals surface area (Å²) < 4.78 is 10.5. The zero-order valence-corrected chi connectivity index (χ0v) is 24.6. The van der Waals surface area contributed by atoms with Crippen LogP contribution in [-0.4, -0.2) is 28.4 Å². The number of nitrogens with one attached hydrogen (secondary N) is 2. The van der Waals surface area contributed by atoms with Gasteiger partial charge in [0.15, 0.2) is 12.1 Å². The highest BCUT2D eigenvalue weighted by molar-refractivity contribution is 6.08. The maximum Gasteiger partial charge on any atom is 0.438 e. The van der Waals surface area contributed by atoms with E-state index in [-0.39, 0.29) is 12.0 Å². The topological polar surface area (TPSA) is 110 Å². The molecule has 1 aromatic heterocycles. The lowest BCUT2D eigenvalue weighted by atomic mass is 9.91. The lowest BCUT2D eigenvalue weighted by molar-refractivity contribution is -0.103. The predicted molar refractivity (Wildman–Crippen MR) is 167 cm³/mol. The monoisotopic (exact) mass is 566 g/mol. The van der Waals surface area contributed by atoms with Crippen molar-refractivity contribution >= 4 is 23.3 Å². The summed E-state index contributed by atoms with van der Waals surface area (Å²) in [5.41, 5.74) is 5.22. The molecule has 3 aromatic rings. The molecule has 0 aliphatic heterocycles. The highest BCUT2D eigenvalue weighted by atomic mass is 16.5. The van der Waals surface area contributed by atoms with Crippen molar-refractivity contribution in [3.63, 3.8) is 0 Å². The summed E-state index contributed by atoms with van der Waals surface area (Å²) in [6, 6.07) is 15.8. The normalized spacial score (nSPS) is 15.7. The molecule has 1 atom stereocenters. The number of hydrogen-bond donors (Lipinski definition) is 2. The molecule has 2 aromatic carbocycles. The Labute approximate surface area is 246 Å². The van der Waals surface area contributed by atoms with E-state index in [1.807, 2.05) is 75.4 Å². The molecule has 2 N–H and O–H groups in total. The molecule has 0 spiro atoms. The molecule has 0 saturated carbocycles. The third-order valence-electron chi connectivity index (χ3n) is 6.79. The summed E-state index contributed by atoms with van der Waals surface area (Å²) in [5, 5.41) is 7.32. The minimum atomic E-state index is -0.574. The second-order valence-electron chi connectivity index (χ2n) is 10.4. The molecule has 8 nitrogen and oxygen atoms in total. The Morgan fingerprint density at radius 3 is 2.52 bits per heavy atom. The summed E-state index contributed by atoms with van der Waals surface area (Å²) >= 11 is 0. The second kappa shape index (κ2) is 14.8. The molecule has 1 heterocycles. The number of carbonyl (C=O) groups is 1. The average Bonchev–Trinajstić information content (AvgIpc) is 3.26. The van der Waals surface area contributed by atoms with Crippen molar-refractivity contribution in [1.29, 1.82) is 0 Å². The molecular formula is C34H38N4O4. The van der Waals surface area contributed by atoms with E-state index in [1.54, 1.807) is 0 Å².